The Hall–Kier alpha value is -2.47. The Morgan fingerprint density at radius 2 is 1.76 bits per heavy atom. The van der Waals surface area contributed by atoms with Crippen molar-refractivity contribution in [2.45, 2.75) is 92.1 Å². The zero-order valence-electron chi connectivity index (χ0n) is 23.3. The summed E-state index contributed by atoms with van der Waals surface area (Å²) in [5.74, 6) is -3.33. The van der Waals surface area contributed by atoms with Gasteiger partial charge in [0, 0.05) is 18.4 Å². The number of carbonyl (C=O) groups is 3. The minimum absolute atomic E-state index is 0.0135. The lowest BCUT2D eigenvalue weighted by atomic mass is 9.47. The highest BCUT2D eigenvalue weighted by molar-refractivity contribution is 6.00. The van der Waals surface area contributed by atoms with Gasteiger partial charge in [-0.25, -0.2) is 0 Å². The number of allylic oxidation sites excluding steroid dienone is 5. The van der Waals surface area contributed by atoms with Gasteiger partial charge in [-0.3, -0.25) is 14.4 Å². The number of aliphatic hydroxyl groups is 1. The van der Waals surface area contributed by atoms with Gasteiger partial charge in [-0.1, -0.05) is 51.7 Å². The van der Waals surface area contributed by atoms with E-state index in [4.69, 9.17) is 0 Å². The molecule has 204 valence electrons. The lowest BCUT2D eigenvalue weighted by Crippen LogP contribution is -2.51. The van der Waals surface area contributed by atoms with Crippen molar-refractivity contribution in [1.82, 2.24) is 0 Å². The maximum Gasteiger partial charge on any atom is 0.310 e. The number of Topliss-reactive ketones (excluding diaryl/α,β-unsaturated/α-hetero) is 1. The van der Waals surface area contributed by atoms with Crippen LogP contribution in [0.2, 0.25) is 0 Å². The van der Waals surface area contributed by atoms with E-state index in [0.29, 0.717) is 12.8 Å². The maximum atomic E-state index is 12.9. The molecular formula is C31H44O6. The van der Waals surface area contributed by atoms with E-state index in [1.807, 2.05) is 6.92 Å². The van der Waals surface area contributed by atoms with E-state index >= 15 is 0 Å². The van der Waals surface area contributed by atoms with Crippen LogP contribution < -0.4 is 0 Å². The first-order valence-corrected chi connectivity index (χ1v) is 13.4. The highest BCUT2D eigenvalue weighted by Gasteiger charge is 2.63. The van der Waals surface area contributed by atoms with Crippen LogP contribution >= 0.6 is 0 Å². The Bertz CT molecular complexity index is 1090. The van der Waals surface area contributed by atoms with Crippen molar-refractivity contribution in [3.63, 3.8) is 0 Å². The summed E-state index contributed by atoms with van der Waals surface area (Å²) in [5.41, 5.74) is 1.31. The highest BCUT2D eigenvalue weighted by Crippen LogP contribution is 2.70. The summed E-state index contributed by atoms with van der Waals surface area (Å²) in [5, 5.41) is 30.5. The van der Waals surface area contributed by atoms with Gasteiger partial charge in [0.25, 0.3) is 0 Å². The van der Waals surface area contributed by atoms with Gasteiger partial charge in [-0.05, 0) is 92.1 Å². The Morgan fingerprint density at radius 3 is 2.30 bits per heavy atom. The van der Waals surface area contributed by atoms with Crippen LogP contribution in [-0.2, 0) is 14.4 Å². The molecule has 6 nitrogen and oxygen atoms in total. The van der Waals surface area contributed by atoms with Crippen molar-refractivity contribution in [3.05, 3.63) is 47.6 Å². The van der Waals surface area contributed by atoms with Crippen molar-refractivity contribution in [2.24, 2.45) is 34.0 Å². The lowest BCUT2D eigenvalue weighted by molar-refractivity contribution is -0.141. The number of ketones is 1. The first-order chi connectivity index (χ1) is 16.9. The van der Waals surface area contributed by atoms with E-state index < -0.39 is 29.2 Å². The van der Waals surface area contributed by atoms with Crippen molar-refractivity contribution < 1.29 is 29.7 Å². The summed E-state index contributed by atoms with van der Waals surface area (Å²) in [6.45, 7) is 19.7. The molecule has 37 heavy (non-hydrogen) atoms. The van der Waals surface area contributed by atoms with Crippen LogP contribution in [0.15, 0.2) is 47.6 Å². The van der Waals surface area contributed by atoms with Crippen LogP contribution in [0.1, 0.15) is 86.5 Å². The third-order valence-electron chi connectivity index (χ3n) is 10.5. The van der Waals surface area contributed by atoms with Gasteiger partial charge >= 0.3 is 11.9 Å². The zero-order valence-corrected chi connectivity index (χ0v) is 23.3. The molecule has 0 saturated heterocycles. The monoisotopic (exact) mass is 512 g/mol. The summed E-state index contributed by atoms with van der Waals surface area (Å²) in [4.78, 5) is 35.8. The molecule has 0 heterocycles. The topological polar surface area (TPSA) is 112 Å². The molecule has 0 aliphatic heterocycles. The van der Waals surface area contributed by atoms with E-state index in [9.17, 15) is 29.7 Å². The fourth-order valence-corrected chi connectivity index (χ4v) is 7.88. The Labute approximate surface area is 221 Å². The van der Waals surface area contributed by atoms with Crippen LogP contribution in [-0.4, -0.2) is 38.6 Å². The molecule has 6 heteroatoms. The van der Waals surface area contributed by atoms with Gasteiger partial charge in [-0.2, -0.15) is 0 Å². The smallest absolute Gasteiger partial charge is 0.310 e. The minimum Gasteiger partial charge on any atom is -0.481 e. The van der Waals surface area contributed by atoms with Crippen molar-refractivity contribution in [2.75, 3.05) is 0 Å². The molecule has 3 aliphatic rings. The van der Waals surface area contributed by atoms with E-state index in [1.54, 1.807) is 6.92 Å². The fraction of sp³-hybridized carbons (Fsp3) is 0.645. The molecular weight excluding hydrogens is 468 g/mol. The molecule has 1 unspecified atom stereocenters. The number of fused-ring (bicyclic) bond motifs is 3. The van der Waals surface area contributed by atoms with Gasteiger partial charge in [0.1, 0.15) is 0 Å². The summed E-state index contributed by atoms with van der Waals surface area (Å²) >= 11 is 0. The summed E-state index contributed by atoms with van der Waals surface area (Å²) < 4.78 is 0. The van der Waals surface area contributed by atoms with E-state index in [1.165, 1.54) is 18.1 Å². The van der Waals surface area contributed by atoms with Gasteiger partial charge in [-0.15, -0.1) is 0 Å². The second-order valence-electron chi connectivity index (χ2n) is 12.8. The molecule has 1 saturated carbocycles. The van der Waals surface area contributed by atoms with Crippen LogP contribution in [0.4, 0.5) is 0 Å². The first kappa shape index (κ1) is 29.1. The zero-order chi connectivity index (χ0) is 28.1. The number of hydrogen-bond donors (Lipinski definition) is 3. The van der Waals surface area contributed by atoms with E-state index in [0.717, 1.165) is 24.8 Å². The fourth-order valence-electron chi connectivity index (χ4n) is 7.88. The molecule has 0 aromatic heterocycles. The third kappa shape index (κ3) is 4.67. The number of carboxylic acid groups (broad SMARTS) is 2. The Kier molecular flexibility index (Phi) is 7.61. The number of rotatable bonds is 10. The maximum absolute atomic E-state index is 12.9. The quantitative estimate of drug-likeness (QED) is 0.240. The second-order valence-corrected chi connectivity index (χ2v) is 12.8. The summed E-state index contributed by atoms with van der Waals surface area (Å²) in [6, 6.07) is 0. The summed E-state index contributed by atoms with van der Waals surface area (Å²) in [6.07, 6.45) is 8.13. The molecule has 0 bridgehead atoms. The molecule has 0 spiro atoms. The van der Waals surface area contributed by atoms with Gasteiger partial charge in [0.2, 0.25) is 0 Å². The molecule has 0 aromatic carbocycles. The van der Waals surface area contributed by atoms with Crippen LogP contribution in [0, 0.1) is 34.0 Å². The van der Waals surface area contributed by atoms with Crippen LogP contribution in [0.25, 0.3) is 0 Å². The van der Waals surface area contributed by atoms with Crippen LogP contribution in [0.3, 0.4) is 0 Å². The number of hydrogen-bond acceptors (Lipinski definition) is 4. The Morgan fingerprint density at radius 1 is 1.14 bits per heavy atom. The van der Waals surface area contributed by atoms with Gasteiger partial charge in [0.05, 0.1) is 11.5 Å². The normalized spacial score (nSPS) is 35.2. The molecule has 0 radical (unpaired) electrons. The number of carboxylic acids is 2. The molecule has 1 fully saturated rings. The van der Waals surface area contributed by atoms with Crippen LogP contribution in [0.5, 0.6) is 0 Å². The van der Waals surface area contributed by atoms with Gasteiger partial charge < -0.3 is 15.3 Å². The first-order valence-electron chi connectivity index (χ1n) is 13.4. The lowest BCUT2D eigenvalue weighted by Gasteiger charge is -2.57. The highest BCUT2D eigenvalue weighted by atomic mass is 16.4. The predicted molar refractivity (Wildman–Crippen MR) is 144 cm³/mol. The molecule has 3 aliphatic carbocycles. The van der Waals surface area contributed by atoms with E-state index in [-0.39, 0.29) is 46.5 Å². The van der Waals surface area contributed by atoms with E-state index in [2.05, 4.69) is 46.1 Å². The number of aliphatic carboxylic acids is 2. The van der Waals surface area contributed by atoms with Crippen molar-refractivity contribution in [3.8, 4) is 0 Å². The standard InChI is InChI=1S/C31H44O6/c1-18(2)21-9-10-23-22(28(21,5)14-13-26(33)34)11-15-30(7)25(12-16-29(23,30)6)31(8,37)17-24(32)19(3)20(4)27(35)36/h10-11,20-21,25,37H,1,3,9,12-17H2,2,4-8H3,(H,33,34)(H,35,36)/t20?,21-,25+,28+,29+,30-,31+/m1/s1. The molecule has 3 N–H and O–H groups in total. The summed E-state index contributed by atoms with van der Waals surface area (Å²) in [7, 11) is 0. The molecule has 7 atom stereocenters. The SMILES string of the molecule is C=C(C(=O)C[C@](C)(O)[C@H]1CC[C@@]2(C)C3=CC[C@H](C(=C)C)[C@](C)(CCC(=O)O)C3=CC[C@]12C)C(C)C(=O)O. The Balaban J connectivity index is 1.98. The molecule has 0 aromatic rings. The average molecular weight is 513 g/mol. The second kappa shape index (κ2) is 9.68. The van der Waals surface area contributed by atoms with Crippen molar-refractivity contribution >= 4 is 17.7 Å². The average Bonchev–Trinajstić information content (AvgIpc) is 3.08. The third-order valence-corrected chi connectivity index (χ3v) is 10.5. The van der Waals surface area contributed by atoms with Crippen molar-refractivity contribution in [1.29, 1.82) is 0 Å². The predicted octanol–water partition coefficient (Wildman–Crippen LogP) is 6.12. The van der Waals surface area contributed by atoms with Gasteiger partial charge in [0.15, 0.2) is 5.78 Å². The largest absolute Gasteiger partial charge is 0.481 e. The minimum atomic E-state index is -1.32. The molecule has 0 amide bonds. The number of carbonyl (C=O) groups excluding carboxylic acids is 1. The molecule has 3 rings (SSSR count).